The molecule has 1 saturated heterocycles. The van der Waals surface area contributed by atoms with Crippen LogP contribution in [0.15, 0.2) is 27.8 Å². The van der Waals surface area contributed by atoms with E-state index in [4.69, 9.17) is 0 Å². The molecule has 6 heteroatoms. The highest BCUT2D eigenvalue weighted by Crippen LogP contribution is 2.11. The summed E-state index contributed by atoms with van der Waals surface area (Å²) in [6, 6.07) is 4.05. The molecule has 0 bridgehead atoms. The first kappa shape index (κ1) is 14.0. The molecule has 1 atom stereocenters. The van der Waals surface area contributed by atoms with E-state index < -0.39 is 11.5 Å². The van der Waals surface area contributed by atoms with Gasteiger partial charge in [-0.25, -0.2) is 9.18 Å². The second-order valence-electron chi connectivity index (χ2n) is 5.57. The van der Waals surface area contributed by atoms with Crippen molar-refractivity contribution in [1.82, 2.24) is 14.5 Å². The van der Waals surface area contributed by atoms with Crippen molar-refractivity contribution >= 4 is 10.9 Å². The smallest absolute Gasteiger partial charge is 0.312 e. The Morgan fingerprint density at radius 2 is 2.14 bits per heavy atom. The van der Waals surface area contributed by atoms with Gasteiger partial charge in [0, 0.05) is 19.6 Å². The Bertz CT molecular complexity index is 788. The van der Waals surface area contributed by atoms with E-state index in [1.807, 2.05) is 0 Å². The summed E-state index contributed by atoms with van der Waals surface area (Å²) in [5.74, 6) is -0.455. The maximum atomic E-state index is 13.3. The fourth-order valence-corrected chi connectivity index (χ4v) is 2.94. The Morgan fingerprint density at radius 3 is 2.86 bits per heavy atom. The Morgan fingerprint density at radius 1 is 1.33 bits per heavy atom. The third-order valence-electron chi connectivity index (χ3n) is 4.13. The molecule has 1 aliphatic rings. The molecule has 1 aromatic carbocycles. The van der Waals surface area contributed by atoms with E-state index in [9.17, 15) is 14.0 Å². The van der Waals surface area contributed by atoms with Crippen molar-refractivity contribution in [2.24, 2.45) is 7.05 Å². The topological polar surface area (TPSA) is 56.0 Å². The molecule has 5 nitrogen and oxygen atoms in total. The number of aromatic nitrogens is 2. The molecule has 0 spiro atoms. The molecule has 3 rings (SSSR count). The van der Waals surface area contributed by atoms with Crippen LogP contribution in [0.2, 0.25) is 0 Å². The summed E-state index contributed by atoms with van der Waals surface area (Å²) in [5, 5.41) is 3.70. The summed E-state index contributed by atoms with van der Waals surface area (Å²) in [6.45, 7) is 1.28. The van der Waals surface area contributed by atoms with Gasteiger partial charge >= 0.3 is 5.69 Å². The summed E-state index contributed by atoms with van der Waals surface area (Å²) in [6.07, 6.45) is 3.18. The van der Waals surface area contributed by atoms with Gasteiger partial charge in [0.25, 0.3) is 5.56 Å². The molecule has 0 amide bonds. The summed E-state index contributed by atoms with van der Waals surface area (Å²) in [5.41, 5.74) is -0.413. The molecular formula is C15H18FN3O2. The zero-order valence-corrected chi connectivity index (χ0v) is 11.9. The van der Waals surface area contributed by atoms with Gasteiger partial charge in [0.1, 0.15) is 5.82 Å². The third-order valence-corrected chi connectivity index (χ3v) is 4.13. The first-order valence-electron chi connectivity index (χ1n) is 7.20. The molecule has 1 aliphatic heterocycles. The Balaban J connectivity index is 2.12. The van der Waals surface area contributed by atoms with Gasteiger partial charge in [-0.05, 0) is 37.6 Å². The van der Waals surface area contributed by atoms with Crippen LogP contribution in [-0.2, 0) is 13.6 Å². The SMILES string of the molecule is Cn1c(=O)n(CC2CCCCN2)c(=O)c2ccc(F)cc21. The number of rotatable bonds is 2. The number of benzene rings is 1. The number of hydrogen-bond donors (Lipinski definition) is 1. The molecule has 2 aromatic rings. The highest BCUT2D eigenvalue weighted by Gasteiger charge is 2.17. The highest BCUT2D eigenvalue weighted by atomic mass is 19.1. The standard InChI is InChI=1S/C15H18FN3O2/c1-18-13-8-10(16)5-6-12(13)14(20)19(15(18)21)9-11-4-2-3-7-17-11/h5-6,8,11,17H,2-4,7,9H2,1H3. The van der Waals surface area contributed by atoms with Crippen molar-refractivity contribution in [3.8, 4) is 0 Å². The maximum Gasteiger partial charge on any atom is 0.331 e. The van der Waals surface area contributed by atoms with Gasteiger partial charge in [0.15, 0.2) is 0 Å². The van der Waals surface area contributed by atoms with Gasteiger partial charge in [-0.3, -0.25) is 13.9 Å². The fraction of sp³-hybridized carbons (Fsp3) is 0.467. The molecule has 112 valence electrons. The van der Waals surface area contributed by atoms with Gasteiger partial charge in [0.05, 0.1) is 10.9 Å². The van der Waals surface area contributed by atoms with E-state index in [0.29, 0.717) is 17.4 Å². The average molecular weight is 291 g/mol. The Hall–Kier alpha value is -1.95. The van der Waals surface area contributed by atoms with Crippen LogP contribution in [0.4, 0.5) is 4.39 Å². The van der Waals surface area contributed by atoms with E-state index in [0.717, 1.165) is 25.8 Å². The Kier molecular flexibility index (Phi) is 3.63. The summed E-state index contributed by atoms with van der Waals surface area (Å²) in [4.78, 5) is 24.9. The van der Waals surface area contributed by atoms with Crippen LogP contribution in [0.1, 0.15) is 19.3 Å². The lowest BCUT2D eigenvalue weighted by Gasteiger charge is -2.24. The number of halogens is 1. The van der Waals surface area contributed by atoms with Crippen LogP contribution < -0.4 is 16.6 Å². The van der Waals surface area contributed by atoms with Gasteiger partial charge in [-0.2, -0.15) is 0 Å². The predicted molar refractivity (Wildman–Crippen MR) is 79.0 cm³/mol. The first-order valence-corrected chi connectivity index (χ1v) is 7.20. The zero-order chi connectivity index (χ0) is 15.0. The number of nitrogens with zero attached hydrogens (tertiary/aromatic N) is 2. The summed E-state index contributed by atoms with van der Waals surface area (Å²) >= 11 is 0. The maximum absolute atomic E-state index is 13.3. The van der Waals surface area contributed by atoms with Crippen LogP contribution in [0, 0.1) is 5.82 Å². The molecule has 0 aliphatic carbocycles. The highest BCUT2D eigenvalue weighted by molar-refractivity contribution is 5.77. The van der Waals surface area contributed by atoms with Crippen molar-refractivity contribution in [1.29, 1.82) is 0 Å². The van der Waals surface area contributed by atoms with Crippen LogP contribution in [0.25, 0.3) is 10.9 Å². The lowest BCUT2D eigenvalue weighted by Crippen LogP contribution is -2.46. The second-order valence-corrected chi connectivity index (χ2v) is 5.57. The molecule has 1 N–H and O–H groups in total. The molecule has 0 radical (unpaired) electrons. The van der Waals surface area contributed by atoms with E-state index >= 15 is 0 Å². The number of nitrogens with one attached hydrogen (secondary N) is 1. The van der Waals surface area contributed by atoms with Crippen molar-refractivity contribution in [3.05, 3.63) is 44.9 Å². The number of aryl methyl sites for hydroxylation is 1. The third kappa shape index (κ3) is 2.51. The molecule has 1 fully saturated rings. The summed E-state index contributed by atoms with van der Waals surface area (Å²) < 4.78 is 15.9. The zero-order valence-electron chi connectivity index (χ0n) is 11.9. The van der Waals surface area contributed by atoms with Crippen molar-refractivity contribution in [3.63, 3.8) is 0 Å². The van der Waals surface area contributed by atoms with Gasteiger partial charge in [-0.15, -0.1) is 0 Å². The van der Waals surface area contributed by atoms with Crippen LogP contribution >= 0.6 is 0 Å². The average Bonchev–Trinajstić information content (AvgIpc) is 2.50. The number of piperidine rings is 1. The summed E-state index contributed by atoms with van der Waals surface area (Å²) in [7, 11) is 1.56. The number of hydrogen-bond acceptors (Lipinski definition) is 3. The minimum Gasteiger partial charge on any atom is -0.312 e. The first-order chi connectivity index (χ1) is 10.1. The molecule has 0 saturated carbocycles. The van der Waals surface area contributed by atoms with Gasteiger partial charge in [-0.1, -0.05) is 6.42 Å². The fourth-order valence-electron chi connectivity index (χ4n) is 2.94. The lowest BCUT2D eigenvalue weighted by atomic mass is 10.1. The monoisotopic (exact) mass is 291 g/mol. The lowest BCUT2D eigenvalue weighted by molar-refractivity contribution is 0.353. The molecule has 1 aromatic heterocycles. The number of fused-ring (bicyclic) bond motifs is 1. The van der Waals surface area contributed by atoms with E-state index in [2.05, 4.69) is 5.32 Å². The van der Waals surface area contributed by atoms with Gasteiger partial charge < -0.3 is 5.32 Å². The van der Waals surface area contributed by atoms with Crippen molar-refractivity contribution < 1.29 is 4.39 Å². The second kappa shape index (κ2) is 5.44. The molecule has 21 heavy (non-hydrogen) atoms. The van der Waals surface area contributed by atoms with E-state index in [1.165, 1.54) is 27.3 Å². The van der Waals surface area contributed by atoms with Crippen LogP contribution in [0.3, 0.4) is 0 Å². The molecular weight excluding hydrogens is 273 g/mol. The Labute approximate surface area is 121 Å². The van der Waals surface area contributed by atoms with Crippen LogP contribution in [0.5, 0.6) is 0 Å². The normalized spacial score (nSPS) is 19.0. The van der Waals surface area contributed by atoms with E-state index in [-0.39, 0.29) is 11.6 Å². The minimum atomic E-state index is -0.455. The van der Waals surface area contributed by atoms with Gasteiger partial charge in [0.2, 0.25) is 0 Å². The molecule has 2 heterocycles. The predicted octanol–water partition coefficient (Wildman–Crippen LogP) is 0.981. The quantitative estimate of drug-likeness (QED) is 0.897. The molecule has 1 unspecified atom stereocenters. The van der Waals surface area contributed by atoms with Crippen molar-refractivity contribution in [2.45, 2.75) is 31.8 Å². The van der Waals surface area contributed by atoms with Crippen molar-refractivity contribution in [2.75, 3.05) is 6.54 Å². The van der Waals surface area contributed by atoms with Crippen LogP contribution in [-0.4, -0.2) is 21.7 Å². The van der Waals surface area contributed by atoms with E-state index in [1.54, 1.807) is 7.05 Å². The minimum absolute atomic E-state index is 0.141. The largest absolute Gasteiger partial charge is 0.331 e.